The lowest BCUT2D eigenvalue weighted by molar-refractivity contribution is 0.329. The van der Waals surface area contributed by atoms with Crippen molar-refractivity contribution in [2.24, 2.45) is 0 Å². The molecule has 0 amide bonds. The first-order valence-electron chi connectivity index (χ1n) is 6.56. The Morgan fingerprint density at radius 1 is 1.21 bits per heavy atom. The number of hydrogen-bond donors (Lipinski definition) is 1. The van der Waals surface area contributed by atoms with Gasteiger partial charge in [-0.1, -0.05) is 30.9 Å². The van der Waals surface area contributed by atoms with Gasteiger partial charge in [0.25, 0.3) is 0 Å². The smallest absolute Gasteiger partial charge is 0.220 e. The standard InChI is InChI=1S/C13H16ClN5/c14-11-7-16-13(15)18-12(11)9-6-17-19(8-9)10-4-2-1-3-5-10/h6-8,10H,1-5H2,(H2,15,16,18). The molecule has 6 heteroatoms. The number of nitrogens with two attached hydrogens (primary N) is 1. The first-order chi connectivity index (χ1) is 9.24. The van der Waals surface area contributed by atoms with Crippen LogP contribution in [0, 0.1) is 0 Å². The molecule has 19 heavy (non-hydrogen) atoms. The van der Waals surface area contributed by atoms with E-state index < -0.39 is 0 Å². The zero-order chi connectivity index (χ0) is 13.2. The monoisotopic (exact) mass is 277 g/mol. The van der Waals surface area contributed by atoms with Crippen molar-refractivity contribution in [3.63, 3.8) is 0 Å². The summed E-state index contributed by atoms with van der Waals surface area (Å²) in [4.78, 5) is 8.05. The first kappa shape index (κ1) is 12.4. The Bertz CT molecular complexity index is 574. The third-order valence-corrected chi connectivity index (χ3v) is 3.86. The van der Waals surface area contributed by atoms with Crippen LogP contribution in [-0.2, 0) is 0 Å². The van der Waals surface area contributed by atoms with Gasteiger partial charge in [-0.05, 0) is 12.8 Å². The molecule has 0 spiro atoms. The van der Waals surface area contributed by atoms with Crippen LogP contribution in [-0.4, -0.2) is 19.7 Å². The third kappa shape index (κ3) is 2.56. The Hall–Kier alpha value is -1.62. The first-order valence-corrected chi connectivity index (χ1v) is 6.94. The Labute approximate surface area is 116 Å². The lowest BCUT2D eigenvalue weighted by Gasteiger charge is -2.21. The van der Waals surface area contributed by atoms with E-state index in [1.807, 2.05) is 10.9 Å². The molecule has 0 unspecified atom stereocenters. The topological polar surface area (TPSA) is 69.6 Å². The van der Waals surface area contributed by atoms with Gasteiger partial charge in [0.1, 0.15) is 0 Å². The van der Waals surface area contributed by atoms with Crippen LogP contribution >= 0.6 is 11.6 Å². The zero-order valence-corrected chi connectivity index (χ0v) is 11.3. The van der Waals surface area contributed by atoms with E-state index in [1.54, 1.807) is 6.20 Å². The van der Waals surface area contributed by atoms with Crippen LogP contribution in [0.25, 0.3) is 11.3 Å². The second-order valence-corrected chi connectivity index (χ2v) is 5.33. The normalized spacial score (nSPS) is 16.7. The summed E-state index contributed by atoms with van der Waals surface area (Å²) in [6, 6.07) is 0.500. The van der Waals surface area contributed by atoms with Crippen molar-refractivity contribution >= 4 is 17.5 Å². The predicted octanol–water partition coefficient (Wildman–Crippen LogP) is 3.08. The summed E-state index contributed by atoms with van der Waals surface area (Å²) in [5.74, 6) is 0.227. The van der Waals surface area contributed by atoms with Crippen LogP contribution in [0.2, 0.25) is 5.02 Å². The Balaban J connectivity index is 1.89. The highest BCUT2D eigenvalue weighted by atomic mass is 35.5. The van der Waals surface area contributed by atoms with Crippen molar-refractivity contribution in [2.75, 3.05) is 5.73 Å². The molecule has 2 heterocycles. The molecule has 1 aliphatic carbocycles. The average Bonchev–Trinajstić information content (AvgIpc) is 2.92. The lowest BCUT2D eigenvalue weighted by Crippen LogP contribution is -2.12. The number of nitrogen functional groups attached to an aromatic ring is 1. The highest BCUT2D eigenvalue weighted by Crippen LogP contribution is 2.30. The van der Waals surface area contributed by atoms with E-state index in [-0.39, 0.29) is 5.95 Å². The van der Waals surface area contributed by atoms with Crippen LogP contribution < -0.4 is 5.73 Å². The number of nitrogens with zero attached hydrogens (tertiary/aromatic N) is 4. The van der Waals surface area contributed by atoms with Crippen LogP contribution in [0.3, 0.4) is 0 Å². The predicted molar refractivity (Wildman–Crippen MR) is 74.8 cm³/mol. The summed E-state index contributed by atoms with van der Waals surface area (Å²) in [5, 5.41) is 4.94. The third-order valence-electron chi connectivity index (χ3n) is 3.59. The largest absolute Gasteiger partial charge is 0.368 e. The van der Waals surface area contributed by atoms with Gasteiger partial charge >= 0.3 is 0 Å². The second kappa shape index (κ2) is 5.17. The molecule has 3 rings (SSSR count). The van der Waals surface area contributed by atoms with Gasteiger partial charge in [0.05, 0.1) is 29.2 Å². The number of aromatic nitrogens is 4. The summed E-state index contributed by atoms with van der Waals surface area (Å²) < 4.78 is 2.03. The molecule has 5 nitrogen and oxygen atoms in total. The highest BCUT2D eigenvalue weighted by Gasteiger charge is 2.17. The van der Waals surface area contributed by atoms with Crippen LogP contribution in [0.15, 0.2) is 18.6 Å². The molecule has 0 aromatic carbocycles. The van der Waals surface area contributed by atoms with E-state index in [9.17, 15) is 0 Å². The van der Waals surface area contributed by atoms with Crippen LogP contribution in [0.4, 0.5) is 5.95 Å². The molecular formula is C13H16ClN5. The SMILES string of the molecule is Nc1ncc(Cl)c(-c2cnn(C3CCCCC3)c2)n1. The van der Waals surface area contributed by atoms with Crippen molar-refractivity contribution in [3.8, 4) is 11.3 Å². The molecule has 2 aromatic rings. The molecule has 0 atom stereocenters. The summed E-state index contributed by atoms with van der Waals surface area (Å²) in [6.45, 7) is 0. The van der Waals surface area contributed by atoms with Crippen LogP contribution in [0.5, 0.6) is 0 Å². The maximum Gasteiger partial charge on any atom is 0.220 e. The van der Waals surface area contributed by atoms with Gasteiger partial charge in [0.15, 0.2) is 0 Å². The van der Waals surface area contributed by atoms with Gasteiger partial charge in [-0.25, -0.2) is 9.97 Å². The van der Waals surface area contributed by atoms with Gasteiger partial charge in [-0.2, -0.15) is 5.10 Å². The van der Waals surface area contributed by atoms with E-state index in [0.717, 1.165) is 5.56 Å². The molecule has 0 bridgehead atoms. The molecule has 1 aliphatic rings. The van der Waals surface area contributed by atoms with Crippen molar-refractivity contribution in [1.29, 1.82) is 0 Å². The summed E-state index contributed by atoms with van der Waals surface area (Å²) in [5.41, 5.74) is 7.15. The molecule has 0 aliphatic heterocycles. The van der Waals surface area contributed by atoms with E-state index >= 15 is 0 Å². The fourth-order valence-corrected chi connectivity index (χ4v) is 2.79. The summed E-state index contributed by atoms with van der Waals surface area (Å²) >= 11 is 6.11. The summed E-state index contributed by atoms with van der Waals surface area (Å²) in [6.07, 6.45) is 11.6. The van der Waals surface area contributed by atoms with Gasteiger partial charge < -0.3 is 5.73 Å². The van der Waals surface area contributed by atoms with Gasteiger partial charge in [0, 0.05) is 11.8 Å². The Morgan fingerprint density at radius 3 is 2.79 bits per heavy atom. The minimum absolute atomic E-state index is 0.227. The number of rotatable bonds is 2. The van der Waals surface area contributed by atoms with Gasteiger partial charge in [-0.3, -0.25) is 4.68 Å². The summed E-state index contributed by atoms with van der Waals surface area (Å²) in [7, 11) is 0. The van der Waals surface area contributed by atoms with E-state index in [4.69, 9.17) is 17.3 Å². The van der Waals surface area contributed by atoms with Gasteiger partial charge in [0.2, 0.25) is 5.95 Å². The number of hydrogen-bond acceptors (Lipinski definition) is 4. The zero-order valence-electron chi connectivity index (χ0n) is 10.6. The number of anilines is 1. The Morgan fingerprint density at radius 2 is 2.00 bits per heavy atom. The van der Waals surface area contributed by atoms with Gasteiger partial charge in [-0.15, -0.1) is 0 Å². The van der Waals surface area contributed by atoms with Crippen molar-refractivity contribution < 1.29 is 0 Å². The molecule has 2 aromatic heterocycles. The molecule has 0 saturated heterocycles. The molecule has 100 valence electrons. The Kier molecular flexibility index (Phi) is 3.38. The quantitative estimate of drug-likeness (QED) is 0.916. The molecule has 0 radical (unpaired) electrons. The second-order valence-electron chi connectivity index (χ2n) is 4.93. The van der Waals surface area contributed by atoms with Crippen molar-refractivity contribution in [1.82, 2.24) is 19.7 Å². The fraction of sp³-hybridized carbons (Fsp3) is 0.462. The van der Waals surface area contributed by atoms with Crippen LogP contribution in [0.1, 0.15) is 38.1 Å². The number of halogens is 1. The molecule has 2 N–H and O–H groups in total. The maximum absolute atomic E-state index is 6.11. The fourth-order valence-electron chi connectivity index (χ4n) is 2.59. The van der Waals surface area contributed by atoms with E-state index in [1.165, 1.54) is 38.3 Å². The van der Waals surface area contributed by atoms with Crippen molar-refractivity contribution in [2.45, 2.75) is 38.1 Å². The minimum atomic E-state index is 0.227. The van der Waals surface area contributed by atoms with E-state index in [0.29, 0.717) is 16.8 Å². The van der Waals surface area contributed by atoms with E-state index in [2.05, 4.69) is 15.1 Å². The molecule has 1 fully saturated rings. The minimum Gasteiger partial charge on any atom is -0.368 e. The lowest BCUT2D eigenvalue weighted by atomic mass is 9.96. The average molecular weight is 278 g/mol. The van der Waals surface area contributed by atoms with Crippen molar-refractivity contribution in [3.05, 3.63) is 23.6 Å². The maximum atomic E-state index is 6.11. The highest BCUT2D eigenvalue weighted by molar-refractivity contribution is 6.32. The molecule has 1 saturated carbocycles. The molecular weight excluding hydrogens is 262 g/mol.